The van der Waals surface area contributed by atoms with Gasteiger partial charge in [-0.3, -0.25) is 4.79 Å². The number of carbonyl (C=O) groups is 1. The van der Waals surface area contributed by atoms with E-state index in [1.807, 2.05) is 6.92 Å². The molecule has 1 aromatic carbocycles. The standard InChI is InChI=1S/C9H9ClO2/c1-2-6-3-8(10)4-7(5-11)9(6)12/h3-5,12H,2H2,1H3. The molecular weight excluding hydrogens is 176 g/mol. The van der Waals surface area contributed by atoms with Crippen molar-refractivity contribution in [2.45, 2.75) is 13.3 Å². The summed E-state index contributed by atoms with van der Waals surface area (Å²) in [5, 5.41) is 9.90. The van der Waals surface area contributed by atoms with Crippen molar-refractivity contribution >= 4 is 17.9 Å². The van der Waals surface area contributed by atoms with Gasteiger partial charge in [0, 0.05) is 5.02 Å². The highest BCUT2D eigenvalue weighted by molar-refractivity contribution is 6.31. The average molecular weight is 185 g/mol. The quantitative estimate of drug-likeness (QED) is 0.717. The number of carbonyl (C=O) groups excluding carboxylic acids is 1. The van der Waals surface area contributed by atoms with E-state index in [0.29, 0.717) is 23.3 Å². The van der Waals surface area contributed by atoms with Crippen LogP contribution in [0.5, 0.6) is 5.75 Å². The van der Waals surface area contributed by atoms with Crippen LogP contribution in [-0.4, -0.2) is 11.4 Å². The van der Waals surface area contributed by atoms with E-state index in [0.717, 1.165) is 0 Å². The number of aromatic hydroxyl groups is 1. The summed E-state index contributed by atoms with van der Waals surface area (Å²) >= 11 is 5.71. The smallest absolute Gasteiger partial charge is 0.153 e. The molecule has 0 saturated carbocycles. The van der Waals surface area contributed by atoms with Crippen molar-refractivity contribution in [1.29, 1.82) is 0 Å². The number of phenols is 1. The highest BCUT2D eigenvalue weighted by Crippen LogP contribution is 2.25. The van der Waals surface area contributed by atoms with Crippen molar-refractivity contribution in [3.05, 3.63) is 28.3 Å². The van der Waals surface area contributed by atoms with Crippen LogP contribution in [0.15, 0.2) is 12.1 Å². The zero-order valence-corrected chi connectivity index (χ0v) is 7.43. The maximum absolute atomic E-state index is 10.4. The Morgan fingerprint density at radius 2 is 2.25 bits per heavy atom. The molecule has 0 bridgehead atoms. The van der Waals surface area contributed by atoms with E-state index < -0.39 is 0 Å². The minimum atomic E-state index is 0.0388. The minimum absolute atomic E-state index is 0.0388. The molecular formula is C9H9ClO2. The van der Waals surface area contributed by atoms with Crippen LogP contribution in [-0.2, 0) is 6.42 Å². The van der Waals surface area contributed by atoms with Crippen LogP contribution >= 0.6 is 11.6 Å². The van der Waals surface area contributed by atoms with E-state index in [4.69, 9.17) is 11.6 Å². The first-order valence-corrected chi connectivity index (χ1v) is 4.03. The number of benzene rings is 1. The number of halogens is 1. The molecule has 0 heterocycles. The maximum atomic E-state index is 10.4. The predicted molar refractivity (Wildman–Crippen MR) is 47.9 cm³/mol. The molecule has 0 fully saturated rings. The largest absolute Gasteiger partial charge is 0.507 e. The van der Waals surface area contributed by atoms with Crippen molar-refractivity contribution in [2.24, 2.45) is 0 Å². The molecule has 0 unspecified atom stereocenters. The van der Waals surface area contributed by atoms with Crippen LogP contribution in [0.25, 0.3) is 0 Å². The Morgan fingerprint density at radius 1 is 1.58 bits per heavy atom. The van der Waals surface area contributed by atoms with E-state index in [1.165, 1.54) is 6.07 Å². The second kappa shape index (κ2) is 3.59. The Bertz CT molecular complexity index is 308. The molecule has 0 aliphatic rings. The van der Waals surface area contributed by atoms with Gasteiger partial charge in [-0.2, -0.15) is 0 Å². The summed E-state index contributed by atoms with van der Waals surface area (Å²) in [6.45, 7) is 1.89. The molecule has 12 heavy (non-hydrogen) atoms. The second-order valence-corrected chi connectivity index (χ2v) is 2.91. The van der Waals surface area contributed by atoms with Crippen molar-refractivity contribution in [1.82, 2.24) is 0 Å². The van der Waals surface area contributed by atoms with E-state index in [-0.39, 0.29) is 11.3 Å². The molecule has 0 radical (unpaired) electrons. The van der Waals surface area contributed by atoms with Crippen molar-refractivity contribution < 1.29 is 9.90 Å². The van der Waals surface area contributed by atoms with Gasteiger partial charge < -0.3 is 5.11 Å². The van der Waals surface area contributed by atoms with Gasteiger partial charge in [-0.1, -0.05) is 18.5 Å². The van der Waals surface area contributed by atoms with Gasteiger partial charge in [0.1, 0.15) is 5.75 Å². The highest BCUT2D eigenvalue weighted by Gasteiger charge is 2.06. The predicted octanol–water partition coefficient (Wildman–Crippen LogP) is 2.42. The normalized spacial score (nSPS) is 9.83. The van der Waals surface area contributed by atoms with Crippen LogP contribution in [0.3, 0.4) is 0 Å². The van der Waals surface area contributed by atoms with Crippen LogP contribution in [0, 0.1) is 0 Å². The third-order valence-electron chi connectivity index (χ3n) is 1.69. The molecule has 3 heteroatoms. The zero-order valence-electron chi connectivity index (χ0n) is 6.67. The van der Waals surface area contributed by atoms with Gasteiger partial charge in [-0.25, -0.2) is 0 Å². The lowest BCUT2D eigenvalue weighted by Gasteiger charge is -2.04. The fraction of sp³-hybridized carbons (Fsp3) is 0.222. The van der Waals surface area contributed by atoms with Crippen LogP contribution in [0.1, 0.15) is 22.8 Å². The number of phenolic OH excluding ortho intramolecular Hbond substituents is 1. The highest BCUT2D eigenvalue weighted by atomic mass is 35.5. The summed E-state index contributed by atoms with van der Waals surface area (Å²) in [6, 6.07) is 3.10. The molecule has 0 atom stereocenters. The number of hydrogen-bond acceptors (Lipinski definition) is 2. The van der Waals surface area contributed by atoms with Gasteiger partial charge in [0.25, 0.3) is 0 Å². The summed E-state index contributed by atoms with van der Waals surface area (Å²) in [6.07, 6.45) is 1.26. The molecule has 0 aromatic heterocycles. The van der Waals surface area contributed by atoms with Gasteiger partial charge in [0.05, 0.1) is 5.56 Å². The number of aryl methyl sites for hydroxylation is 1. The fourth-order valence-electron chi connectivity index (χ4n) is 1.04. The van der Waals surface area contributed by atoms with Crippen molar-refractivity contribution in [3.8, 4) is 5.75 Å². The van der Waals surface area contributed by atoms with Crippen LogP contribution in [0.4, 0.5) is 0 Å². The monoisotopic (exact) mass is 184 g/mol. The fourth-order valence-corrected chi connectivity index (χ4v) is 1.29. The van der Waals surface area contributed by atoms with E-state index >= 15 is 0 Å². The van der Waals surface area contributed by atoms with Gasteiger partial charge in [-0.05, 0) is 24.1 Å². The Kier molecular flexibility index (Phi) is 2.71. The summed E-state index contributed by atoms with van der Waals surface area (Å²) in [4.78, 5) is 10.4. The first-order valence-electron chi connectivity index (χ1n) is 3.65. The van der Waals surface area contributed by atoms with Crippen molar-refractivity contribution in [3.63, 3.8) is 0 Å². The molecule has 1 aromatic rings. The Balaban J connectivity index is 3.31. The average Bonchev–Trinajstić information content (AvgIpc) is 2.08. The lowest BCUT2D eigenvalue weighted by molar-refractivity contribution is 0.112. The molecule has 0 aliphatic carbocycles. The topological polar surface area (TPSA) is 37.3 Å². The molecule has 0 amide bonds. The van der Waals surface area contributed by atoms with E-state index in [9.17, 15) is 9.90 Å². The molecule has 0 spiro atoms. The summed E-state index contributed by atoms with van der Waals surface area (Å²) in [5.41, 5.74) is 0.948. The first-order chi connectivity index (χ1) is 5.69. The van der Waals surface area contributed by atoms with Crippen molar-refractivity contribution in [2.75, 3.05) is 0 Å². The number of hydrogen-bond donors (Lipinski definition) is 1. The number of rotatable bonds is 2. The Hall–Kier alpha value is -1.02. The molecule has 0 aliphatic heterocycles. The maximum Gasteiger partial charge on any atom is 0.153 e. The SMILES string of the molecule is CCc1cc(Cl)cc(C=O)c1O. The lowest BCUT2D eigenvalue weighted by Crippen LogP contribution is -1.88. The molecule has 1 rings (SSSR count). The zero-order chi connectivity index (χ0) is 9.14. The van der Waals surface area contributed by atoms with Gasteiger partial charge >= 0.3 is 0 Å². The van der Waals surface area contributed by atoms with Gasteiger partial charge in [0.2, 0.25) is 0 Å². The molecule has 0 saturated heterocycles. The Morgan fingerprint density at radius 3 is 2.75 bits per heavy atom. The molecule has 2 nitrogen and oxygen atoms in total. The molecule has 1 N–H and O–H groups in total. The third kappa shape index (κ3) is 1.59. The molecule has 64 valence electrons. The van der Waals surface area contributed by atoms with Crippen LogP contribution < -0.4 is 0 Å². The third-order valence-corrected chi connectivity index (χ3v) is 1.91. The van der Waals surface area contributed by atoms with E-state index in [1.54, 1.807) is 6.07 Å². The van der Waals surface area contributed by atoms with Crippen LogP contribution in [0.2, 0.25) is 5.02 Å². The summed E-state index contributed by atoms with van der Waals surface area (Å²) in [5.74, 6) is 0.0388. The summed E-state index contributed by atoms with van der Waals surface area (Å²) in [7, 11) is 0. The lowest BCUT2D eigenvalue weighted by atomic mass is 10.1. The van der Waals surface area contributed by atoms with E-state index in [2.05, 4.69) is 0 Å². The van der Waals surface area contributed by atoms with Gasteiger partial charge in [0.15, 0.2) is 6.29 Å². The second-order valence-electron chi connectivity index (χ2n) is 2.47. The Labute approximate surface area is 75.8 Å². The number of aldehydes is 1. The minimum Gasteiger partial charge on any atom is -0.507 e. The first kappa shape index (κ1) is 9.07. The van der Waals surface area contributed by atoms with Gasteiger partial charge in [-0.15, -0.1) is 0 Å². The summed E-state index contributed by atoms with van der Waals surface area (Å²) < 4.78 is 0.